The number of nitrogens with zero attached hydrogens (tertiary/aromatic N) is 1. The number of amides is 1. The number of hydrogen-bond donors (Lipinski definition) is 1. The van der Waals surface area contributed by atoms with Gasteiger partial charge in [-0.1, -0.05) is 19.3 Å². The number of esters is 1. The second kappa shape index (κ2) is 9.26. The molecule has 29 heavy (non-hydrogen) atoms. The second-order valence-electron chi connectivity index (χ2n) is 8.02. The van der Waals surface area contributed by atoms with Gasteiger partial charge in [0.25, 0.3) is 5.91 Å². The molecule has 1 N–H and O–H groups in total. The predicted octanol–water partition coefficient (Wildman–Crippen LogP) is 2.85. The van der Waals surface area contributed by atoms with E-state index < -0.39 is 22.1 Å². The maximum absolute atomic E-state index is 12.9. The van der Waals surface area contributed by atoms with Crippen LogP contribution >= 0.6 is 0 Å². The van der Waals surface area contributed by atoms with E-state index in [0.29, 0.717) is 6.54 Å². The van der Waals surface area contributed by atoms with Crippen LogP contribution in [0.25, 0.3) is 0 Å². The van der Waals surface area contributed by atoms with Gasteiger partial charge < -0.3 is 10.1 Å². The molecule has 1 saturated carbocycles. The lowest BCUT2D eigenvalue weighted by Crippen LogP contribution is -2.41. The van der Waals surface area contributed by atoms with Gasteiger partial charge in [0, 0.05) is 18.6 Å². The number of benzene rings is 1. The van der Waals surface area contributed by atoms with E-state index in [4.69, 9.17) is 4.74 Å². The minimum atomic E-state index is -3.59. The minimum absolute atomic E-state index is 0.0300. The third-order valence-electron chi connectivity index (χ3n) is 5.79. The van der Waals surface area contributed by atoms with Crippen LogP contribution in [0.4, 0.5) is 0 Å². The molecule has 160 valence electrons. The van der Waals surface area contributed by atoms with Crippen molar-refractivity contribution in [3.8, 4) is 0 Å². The second-order valence-corrected chi connectivity index (χ2v) is 9.91. The lowest BCUT2D eigenvalue weighted by Gasteiger charge is -2.32. The molecule has 1 heterocycles. The van der Waals surface area contributed by atoms with Gasteiger partial charge in [0.2, 0.25) is 10.0 Å². The van der Waals surface area contributed by atoms with Crippen molar-refractivity contribution in [1.82, 2.24) is 9.62 Å². The summed E-state index contributed by atoms with van der Waals surface area (Å²) in [6.07, 6.45) is 5.95. The number of hydrogen-bond acceptors (Lipinski definition) is 5. The first-order valence-electron chi connectivity index (χ1n) is 10.4. The average Bonchev–Trinajstić information content (AvgIpc) is 3.21. The highest BCUT2D eigenvalue weighted by Crippen LogP contribution is 2.25. The number of ether oxygens (including phenoxy) is 1. The summed E-state index contributed by atoms with van der Waals surface area (Å²) in [7, 11) is -3.59. The third-order valence-corrected chi connectivity index (χ3v) is 7.82. The molecule has 1 aliphatic heterocycles. The zero-order valence-corrected chi connectivity index (χ0v) is 17.9. The first-order chi connectivity index (χ1) is 13.8. The fraction of sp³-hybridized carbons (Fsp3) is 0.619. The van der Waals surface area contributed by atoms with Gasteiger partial charge in [-0.2, -0.15) is 4.31 Å². The topological polar surface area (TPSA) is 92.8 Å². The first kappa shape index (κ1) is 21.8. The normalized spacial score (nSPS) is 22.2. The van der Waals surface area contributed by atoms with Crippen molar-refractivity contribution < 1.29 is 22.7 Å². The van der Waals surface area contributed by atoms with Crippen molar-refractivity contribution in [2.45, 2.75) is 81.9 Å². The Balaban J connectivity index is 1.61. The van der Waals surface area contributed by atoms with Gasteiger partial charge >= 0.3 is 5.97 Å². The molecule has 0 bridgehead atoms. The first-order valence-corrected chi connectivity index (χ1v) is 11.9. The summed E-state index contributed by atoms with van der Waals surface area (Å²) in [5.74, 6) is -0.946. The molecule has 0 aromatic heterocycles. The molecular formula is C21H30N2O5S. The molecule has 2 fully saturated rings. The summed E-state index contributed by atoms with van der Waals surface area (Å²) < 4.78 is 32.5. The van der Waals surface area contributed by atoms with E-state index in [9.17, 15) is 18.0 Å². The standard InChI is InChI=1S/C21H30N2O5S/c1-15-7-5-6-14-23(15)29(26,27)19-12-10-17(11-13-19)21(25)28-16(2)20(24)22-18-8-3-4-9-18/h10-13,15-16,18H,3-9,14H2,1-2H3,(H,22,24)/t15-,16+/m1/s1. The van der Waals surface area contributed by atoms with Crippen molar-refractivity contribution in [2.24, 2.45) is 0 Å². The van der Waals surface area contributed by atoms with Crippen LogP contribution in [0.3, 0.4) is 0 Å². The maximum atomic E-state index is 12.9. The number of rotatable bonds is 6. The Labute approximate surface area is 172 Å². The SMILES string of the molecule is C[C@H](OC(=O)c1ccc(S(=O)(=O)N2CCCC[C@H]2C)cc1)C(=O)NC1CCCC1. The Morgan fingerprint density at radius 3 is 2.31 bits per heavy atom. The number of nitrogens with one attached hydrogen (secondary N) is 1. The smallest absolute Gasteiger partial charge is 0.338 e. The third kappa shape index (κ3) is 5.17. The lowest BCUT2D eigenvalue weighted by molar-refractivity contribution is -0.129. The van der Waals surface area contributed by atoms with Gasteiger partial charge in [0.1, 0.15) is 0 Å². The van der Waals surface area contributed by atoms with Crippen molar-refractivity contribution in [2.75, 3.05) is 6.54 Å². The largest absolute Gasteiger partial charge is 0.449 e. The van der Waals surface area contributed by atoms with Crippen LogP contribution in [0.15, 0.2) is 29.2 Å². The van der Waals surface area contributed by atoms with Gasteiger partial charge in [0.05, 0.1) is 10.5 Å². The van der Waals surface area contributed by atoms with Gasteiger partial charge in [-0.15, -0.1) is 0 Å². The molecule has 1 aliphatic carbocycles. The summed E-state index contributed by atoms with van der Waals surface area (Å²) >= 11 is 0. The maximum Gasteiger partial charge on any atom is 0.338 e. The molecule has 8 heteroatoms. The van der Waals surface area contributed by atoms with Crippen molar-refractivity contribution >= 4 is 21.9 Å². The number of carbonyl (C=O) groups is 2. The molecule has 1 saturated heterocycles. The molecule has 3 rings (SSSR count). The van der Waals surface area contributed by atoms with Crippen molar-refractivity contribution in [1.29, 1.82) is 0 Å². The van der Waals surface area contributed by atoms with Crippen LogP contribution in [-0.4, -0.2) is 49.3 Å². The molecular weight excluding hydrogens is 392 g/mol. The lowest BCUT2D eigenvalue weighted by atomic mass is 10.1. The van der Waals surface area contributed by atoms with Crippen molar-refractivity contribution in [3.05, 3.63) is 29.8 Å². The molecule has 1 aromatic rings. The Bertz CT molecular complexity index is 831. The van der Waals surface area contributed by atoms with E-state index in [0.717, 1.165) is 44.9 Å². The molecule has 1 amide bonds. The van der Waals surface area contributed by atoms with Gasteiger partial charge in [0.15, 0.2) is 6.10 Å². The molecule has 0 spiro atoms. The molecule has 2 atom stereocenters. The zero-order chi connectivity index (χ0) is 21.0. The van der Waals surface area contributed by atoms with Crippen LogP contribution in [0.2, 0.25) is 0 Å². The zero-order valence-electron chi connectivity index (χ0n) is 17.1. The molecule has 1 aromatic carbocycles. The Hall–Kier alpha value is -1.93. The predicted molar refractivity (Wildman–Crippen MR) is 109 cm³/mol. The summed E-state index contributed by atoms with van der Waals surface area (Å²) in [4.78, 5) is 24.7. The Kier molecular flexibility index (Phi) is 6.95. The molecule has 0 unspecified atom stereocenters. The number of piperidine rings is 1. The van der Waals surface area contributed by atoms with Crippen molar-refractivity contribution in [3.63, 3.8) is 0 Å². The number of carbonyl (C=O) groups excluding carboxylic acids is 2. The molecule has 0 radical (unpaired) electrons. The minimum Gasteiger partial charge on any atom is -0.449 e. The van der Waals surface area contributed by atoms with Crippen LogP contribution in [0.5, 0.6) is 0 Å². The quantitative estimate of drug-likeness (QED) is 0.712. The fourth-order valence-corrected chi connectivity index (χ4v) is 5.70. The van der Waals surface area contributed by atoms with E-state index in [2.05, 4.69) is 5.32 Å². The van der Waals surface area contributed by atoms with Crippen LogP contribution < -0.4 is 5.32 Å². The van der Waals surface area contributed by atoms with Crippen LogP contribution in [0, 0.1) is 0 Å². The summed E-state index contributed by atoms with van der Waals surface area (Å²) in [5, 5.41) is 2.90. The highest BCUT2D eigenvalue weighted by atomic mass is 32.2. The summed E-state index contributed by atoms with van der Waals surface area (Å²) in [6.45, 7) is 3.97. The summed E-state index contributed by atoms with van der Waals surface area (Å²) in [6, 6.07) is 5.85. The van der Waals surface area contributed by atoms with E-state index in [1.165, 1.54) is 28.6 Å². The van der Waals surface area contributed by atoms with Crippen LogP contribution in [-0.2, 0) is 19.6 Å². The molecule has 2 aliphatic rings. The Morgan fingerprint density at radius 1 is 1.07 bits per heavy atom. The van der Waals surface area contributed by atoms with Gasteiger partial charge in [-0.3, -0.25) is 4.79 Å². The fourth-order valence-electron chi connectivity index (χ4n) is 4.00. The van der Waals surface area contributed by atoms with Gasteiger partial charge in [-0.25, -0.2) is 13.2 Å². The van der Waals surface area contributed by atoms with E-state index >= 15 is 0 Å². The highest BCUT2D eigenvalue weighted by molar-refractivity contribution is 7.89. The van der Waals surface area contributed by atoms with Crippen LogP contribution in [0.1, 0.15) is 69.2 Å². The molecule has 7 nitrogen and oxygen atoms in total. The average molecular weight is 423 g/mol. The monoisotopic (exact) mass is 422 g/mol. The number of sulfonamides is 1. The summed E-state index contributed by atoms with van der Waals surface area (Å²) in [5.41, 5.74) is 0.219. The van der Waals surface area contributed by atoms with E-state index in [1.807, 2.05) is 6.92 Å². The van der Waals surface area contributed by atoms with Gasteiger partial charge in [-0.05, 0) is 63.8 Å². The highest BCUT2D eigenvalue weighted by Gasteiger charge is 2.31. The Morgan fingerprint density at radius 2 is 1.69 bits per heavy atom. The van der Waals surface area contributed by atoms with E-state index in [-0.39, 0.29) is 28.4 Å². The van der Waals surface area contributed by atoms with E-state index in [1.54, 1.807) is 6.92 Å².